The van der Waals surface area contributed by atoms with Crippen LogP contribution in [0.3, 0.4) is 0 Å². The Labute approximate surface area is 66.5 Å². The van der Waals surface area contributed by atoms with E-state index < -0.39 is 11.5 Å². The summed E-state index contributed by atoms with van der Waals surface area (Å²) >= 11 is 0. The topological polar surface area (TPSA) is 58.6 Å². The molecule has 66 valence electrons. The third kappa shape index (κ3) is 1.91. The Bertz CT molecular complexity index is 147. The maximum absolute atomic E-state index is 11.1. The molecule has 2 N–H and O–H groups in total. The van der Waals surface area contributed by atoms with Gasteiger partial charge < -0.3 is 9.94 Å². The summed E-state index contributed by atoms with van der Waals surface area (Å²) in [6.07, 6.45) is 0. The molecular formula is C7H15NO3. The van der Waals surface area contributed by atoms with Gasteiger partial charge in [0.1, 0.15) is 5.54 Å². The number of ether oxygens (including phenoxy) is 1. The molecule has 1 unspecified atom stereocenters. The Morgan fingerprint density at radius 2 is 2.09 bits per heavy atom. The minimum Gasteiger partial charge on any atom is -0.468 e. The molecular weight excluding hydrogens is 146 g/mol. The van der Waals surface area contributed by atoms with E-state index in [-0.39, 0.29) is 5.92 Å². The fourth-order valence-corrected chi connectivity index (χ4v) is 0.622. The van der Waals surface area contributed by atoms with Crippen molar-refractivity contribution in [3.8, 4) is 0 Å². The third-order valence-corrected chi connectivity index (χ3v) is 2.00. The SMILES string of the molecule is COC(=O)C(C)(NO)C(C)C. The Balaban J connectivity index is 4.45. The fourth-order valence-electron chi connectivity index (χ4n) is 0.622. The monoisotopic (exact) mass is 161 g/mol. The van der Waals surface area contributed by atoms with Crippen molar-refractivity contribution in [3.63, 3.8) is 0 Å². The summed E-state index contributed by atoms with van der Waals surface area (Å²) in [5.74, 6) is -0.491. The first-order valence-electron chi connectivity index (χ1n) is 3.48. The van der Waals surface area contributed by atoms with Crippen LogP contribution in [-0.4, -0.2) is 23.8 Å². The summed E-state index contributed by atoms with van der Waals surface area (Å²) in [7, 11) is 1.29. The predicted octanol–water partition coefficient (Wildman–Crippen LogP) is 0.553. The number of esters is 1. The molecule has 0 aliphatic heterocycles. The van der Waals surface area contributed by atoms with Crippen LogP contribution in [0, 0.1) is 5.92 Å². The van der Waals surface area contributed by atoms with Gasteiger partial charge in [0, 0.05) is 0 Å². The number of hydrogen-bond donors (Lipinski definition) is 2. The van der Waals surface area contributed by atoms with Gasteiger partial charge in [0.25, 0.3) is 0 Å². The molecule has 0 radical (unpaired) electrons. The summed E-state index contributed by atoms with van der Waals surface area (Å²) in [5.41, 5.74) is 0.949. The minimum absolute atomic E-state index is 0.0278. The molecule has 1 atom stereocenters. The van der Waals surface area contributed by atoms with Gasteiger partial charge in [0.15, 0.2) is 0 Å². The van der Waals surface area contributed by atoms with Gasteiger partial charge in [0.2, 0.25) is 0 Å². The van der Waals surface area contributed by atoms with Gasteiger partial charge in [-0.15, -0.1) is 0 Å². The number of methoxy groups -OCH3 is 1. The third-order valence-electron chi connectivity index (χ3n) is 2.00. The van der Waals surface area contributed by atoms with Crippen LogP contribution in [0.5, 0.6) is 0 Å². The Hall–Kier alpha value is -0.610. The van der Waals surface area contributed by atoms with Crippen molar-refractivity contribution >= 4 is 5.97 Å². The van der Waals surface area contributed by atoms with E-state index in [0.29, 0.717) is 0 Å². The van der Waals surface area contributed by atoms with E-state index in [1.165, 1.54) is 7.11 Å². The van der Waals surface area contributed by atoms with E-state index in [2.05, 4.69) is 4.74 Å². The standard InChI is InChI=1S/C7H15NO3/c1-5(2)7(3,8-10)6(9)11-4/h5,8,10H,1-4H3. The highest BCUT2D eigenvalue weighted by Gasteiger charge is 2.37. The fraction of sp³-hybridized carbons (Fsp3) is 0.857. The van der Waals surface area contributed by atoms with E-state index in [0.717, 1.165) is 0 Å². The molecule has 0 spiro atoms. The maximum Gasteiger partial charge on any atom is 0.328 e. The molecule has 0 saturated carbocycles. The number of hydrogen-bond acceptors (Lipinski definition) is 4. The van der Waals surface area contributed by atoms with Gasteiger partial charge in [-0.1, -0.05) is 13.8 Å². The number of carbonyl (C=O) groups excluding carboxylic acids is 1. The molecule has 0 heterocycles. The Morgan fingerprint density at radius 3 is 2.18 bits per heavy atom. The average molecular weight is 161 g/mol. The van der Waals surface area contributed by atoms with Crippen LogP contribution in [0.4, 0.5) is 0 Å². The zero-order valence-corrected chi connectivity index (χ0v) is 7.34. The van der Waals surface area contributed by atoms with Crippen LogP contribution < -0.4 is 5.48 Å². The maximum atomic E-state index is 11.1. The lowest BCUT2D eigenvalue weighted by atomic mass is 9.90. The first-order valence-corrected chi connectivity index (χ1v) is 3.48. The second kappa shape index (κ2) is 3.69. The van der Waals surface area contributed by atoms with Crippen LogP contribution in [0.25, 0.3) is 0 Å². The van der Waals surface area contributed by atoms with Crippen molar-refractivity contribution in [3.05, 3.63) is 0 Å². The largest absolute Gasteiger partial charge is 0.468 e. The highest BCUT2D eigenvalue weighted by atomic mass is 16.5. The molecule has 0 bridgehead atoms. The van der Waals surface area contributed by atoms with E-state index in [4.69, 9.17) is 5.21 Å². The Morgan fingerprint density at radius 1 is 1.64 bits per heavy atom. The second-order valence-electron chi connectivity index (χ2n) is 2.96. The normalized spacial score (nSPS) is 16.2. The molecule has 0 aliphatic carbocycles. The highest BCUT2D eigenvalue weighted by molar-refractivity contribution is 5.80. The highest BCUT2D eigenvalue weighted by Crippen LogP contribution is 2.16. The van der Waals surface area contributed by atoms with Gasteiger partial charge in [0.05, 0.1) is 7.11 Å². The lowest BCUT2D eigenvalue weighted by molar-refractivity contribution is -0.155. The van der Waals surface area contributed by atoms with Crippen LogP contribution >= 0.6 is 0 Å². The number of hydroxylamine groups is 1. The van der Waals surface area contributed by atoms with Crippen molar-refractivity contribution in [1.82, 2.24) is 5.48 Å². The van der Waals surface area contributed by atoms with Gasteiger partial charge >= 0.3 is 5.97 Å². The van der Waals surface area contributed by atoms with Crippen molar-refractivity contribution in [1.29, 1.82) is 0 Å². The zero-order chi connectivity index (χ0) is 9.07. The van der Waals surface area contributed by atoms with Crippen molar-refractivity contribution in [2.24, 2.45) is 5.92 Å². The summed E-state index contributed by atoms with van der Waals surface area (Å²) in [4.78, 5) is 11.1. The van der Waals surface area contributed by atoms with Crippen molar-refractivity contribution in [2.45, 2.75) is 26.3 Å². The molecule has 0 aromatic rings. The Kier molecular flexibility index (Phi) is 3.48. The molecule has 4 nitrogen and oxygen atoms in total. The summed E-state index contributed by atoms with van der Waals surface area (Å²) in [6.45, 7) is 5.23. The second-order valence-corrected chi connectivity index (χ2v) is 2.96. The molecule has 0 amide bonds. The van der Waals surface area contributed by atoms with E-state index in [9.17, 15) is 4.79 Å². The lowest BCUT2D eigenvalue weighted by Gasteiger charge is -2.28. The molecule has 0 rings (SSSR count). The minimum atomic E-state index is -1.01. The van der Waals surface area contributed by atoms with Gasteiger partial charge in [-0.05, 0) is 12.8 Å². The molecule has 4 heteroatoms. The van der Waals surface area contributed by atoms with Crippen LogP contribution in [0.1, 0.15) is 20.8 Å². The smallest absolute Gasteiger partial charge is 0.328 e. The van der Waals surface area contributed by atoms with Crippen LogP contribution in [0.15, 0.2) is 0 Å². The summed E-state index contributed by atoms with van der Waals surface area (Å²) in [6, 6.07) is 0. The first kappa shape index (κ1) is 10.4. The molecule has 0 saturated heterocycles. The van der Waals surface area contributed by atoms with Gasteiger partial charge in [-0.3, -0.25) is 0 Å². The van der Waals surface area contributed by atoms with Gasteiger partial charge in [-0.2, -0.15) is 5.48 Å². The molecule has 0 aromatic heterocycles. The number of nitrogens with one attached hydrogen (secondary N) is 1. The summed E-state index contributed by atoms with van der Waals surface area (Å²) < 4.78 is 4.51. The quantitative estimate of drug-likeness (QED) is 0.469. The van der Waals surface area contributed by atoms with Crippen molar-refractivity contribution in [2.75, 3.05) is 7.11 Å². The van der Waals surface area contributed by atoms with E-state index >= 15 is 0 Å². The zero-order valence-electron chi connectivity index (χ0n) is 7.34. The molecule has 0 aromatic carbocycles. The number of carbonyl (C=O) groups is 1. The molecule has 0 fully saturated rings. The van der Waals surface area contributed by atoms with E-state index in [1.54, 1.807) is 6.92 Å². The lowest BCUT2D eigenvalue weighted by Crippen LogP contribution is -2.52. The van der Waals surface area contributed by atoms with Gasteiger partial charge in [-0.25, -0.2) is 4.79 Å². The molecule has 11 heavy (non-hydrogen) atoms. The number of rotatable bonds is 3. The van der Waals surface area contributed by atoms with Crippen molar-refractivity contribution < 1.29 is 14.7 Å². The molecule has 0 aliphatic rings. The van der Waals surface area contributed by atoms with Crippen LogP contribution in [0.2, 0.25) is 0 Å². The first-order chi connectivity index (χ1) is 4.99. The van der Waals surface area contributed by atoms with Crippen LogP contribution in [-0.2, 0) is 9.53 Å². The average Bonchev–Trinajstić information content (AvgIpc) is 2.01. The summed E-state index contributed by atoms with van der Waals surface area (Å²) in [5, 5.41) is 8.71. The van der Waals surface area contributed by atoms with E-state index in [1.807, 2.05) is 19.3 Å². The predicted molar refractivity (Wildman–Crippen MR) is 40.2 cm³/mol.